The summed E-state index contributed by atoms with van der Waals surface area (Å²) in [6, 6.07) is 11.3. The van der Waals surface area contributed by atoms with Gasteiger partial charge in [-0.05, 0) is 29.8 Å². The van der Waals surface area contributed by atoms with Crippen molar-refractivity contribution in [3.8, 4) is 0 Å². The topological polar surface area (TPSA) is 101 Å². The molecular weight excluding hydrogens is 278 g/mol. The molecule has 1 atom stereocenters. The van der Waals surface area contributed by atoms with Crippen LogP contribution in [0.3, 0.4) is 0 Å². The Kier molecular flexibility index (Phi) is 4.03. The van der Waals surface area contributed by atoms with Gasteiger partial charge in [0.15, 0.2) is 0 Å². The third-order valence-electron chi connectivity index (χ3n) is 2.90. The van der Waals surface area contributed by atoms with Gasteiger partial charge in [0, 0.05) is 0 Å². The van der Waals surface area contributed by atoms with Gasteiger partial charge in [-0.3, -0.25) is 10.2 Å². The van der Waals surface area contributed by atoms with Gasteiger partial charge in [-0.2, -0.15) is 4.72 Å². The number of hydrazine groups is 1. The highest BCUT2D eigenvalue weighted by Crippen LogP contribution is 2.18. The third kappa shape index (κ3) is 2.96. The molecule has 0 spiro atoms. The molecular formula is C13H15N3O3S. The Morgan fingerprint density at radius 2 is 1.80 bits per heavy atom. The van der Waals surface area contributed by atoms with Crippen LogP contribution in [0, 0.1) is 0 Å². The Hall–Kier alpha value is -1.96. The van der Waals surface area contributed by atoms with Gasteiger partial charge < -0.3 is 0 Å². The quantitative estimate of drug-likeness (QED) is 0.434. The van der Waals surface area contributed by atoms with Gasteiger partial charge >= 0.3 is 0 Å². The lowest BCUT2D eigenvalue weighted by molar-refractivity contribution is -0.122. The van der Waals surface area contributed by atoms with E-state index < -0.39 is 22.0 Å². The summed E-state index contributed by atoms with van der Waals surface area (Å²) in [6.45, 7) is 1.42. The van der Waals surface area contributed by atoms with E-state index in [0.717, 1.165) is 10.8 Å². The lowest BCUT2D eigenvalue weighted by Gasteiger charge is -2.13. The number of amides is 1. The number of rotatable bonds is 4. The van der Waals surface area contributed by atoms with Crippen LogP contribution in [0.1, 0.15) is 6.92 Å². The lowest BCUT2D eigenvalue weighted by Crippen LogP contribution is -2.47. The highest BCUT2D eigenvalue weighted by Gasteiger charge is 2.21. The highest BCUT2D eigenvalue weighted by atomic mass is 32.2. The number of hydrogen-bond acceptors (Lipinski definition) is 4. The lowest BCUT2D eigenvalue weighted by atomic mass is 10.1. The van der Waals surface area contributed by atoms with E-state index in [1.54, 1.807) is 12.1 Å². The number of carbonyl (C=O) groups is 1. The maximum atomic E-state index is 12.2. The van der Waals surface area contributed by atoms with Crippen LogP contribution in [0.25, 0.3) is 10.8 Å². The first-order valence-corrected chi connectivity index (χ1v) is 7.44. The Bertz CT molecular complexity index is 743. The van der Waals surface area contributed by atoms with Crippen LogP contribution in [0.4, 0.5) is 0 Å². The molecule has 1 amide bonds. The summed E-state index contributed by atoms with van der Waals surface area (Å²) in [6.07, 6.45) is 0. The number of fused-ring (bicyclic) bond motifs is 1. The fourth-order valence-electron chi connectivity index (χ4n) is 1.81. The van der Waals surface area contributed by atoms with Crippen molar-refractivity contribution in [2.24, 2.45) is 5.84 Å². The first-order valence-electron chi connectivity index (χ1n) is 5.95. The average molecular weight is 293 g/mol. The van der Waals surface area contributed by atoms with E-state index in [2.05, 4.69) is 4.72 Å². The normalized spacial score (nSPS) is 13.1. The summed E-state index contributed by atoms with van der Waals surface area (Å²) in [5.74, 6) is 4.37. The molecule has 2 rings (SSSR count). The van der Waals surface area contributed by atoms with Gasteiger partial charge in [-0.25, -0.2) is 14.3 Å². The maximum Gasteiger partial charge on any atom is 0.251 e. The van der Waals surface area contributed by atoms with Crippen molar-refractivity contribution in [2.75, 3.05) is 0 Å². The highest BCUT2D eigenvalue weighted by molar-refractivity contribution is 7.89. The van der Waals surface area contributed by atoms with Gasteiger partial charge in [0.1, 0.15) is 0 Å². The number of carbonyl (C=O) groups excluding carboxylic acids is 1. The van der Waals surface area contributed by atoms with Gasteiger partial charge in [-0.1, -0.05) is 30.3 Å². The molecule has 2 aromatic carbocycles. The second kappa shape index (κ2) is 5.58. The van der Waals surface area contributed by atoms with Gasteiger partial charge in [0.2, 0.25) is 10.0 Å². The van der Waals surface area contributed by atoms with Crippen LogP contribution in [0.2, 0.25) is 0 Å². The maximum absolute atomic E-state index is 12.2. The van der Waals surface area contributed by atoms with Gasteiger partial charge in [0.05, 0.1) is 10.9 Å². The molecule has 0 aliphatic carbocycles. The third-order valence-corrected chi connectivity index (χ3v) is 4.44. The fraction of sp³-hybridized carbons (Fsp3) is 0.154. The minimum Gasteiger partial charge on any atom is -0.293 e. The molecule has 20 heavy (non-hydrogen) atoms. The van der Waals surface area contributed by atoms with Crippen molar-refractivity contribution < 1.29 is 13.2 Å². The molecule has 0 aromatic heterocycles. The molecule has 0 fully saturated rings. The molecule has 2 aromatic rings. The van der Waals surface area contributed by atoms with Crippen molar-refractivity contribution in [3.63, 3.8) is 0 Å². The summed E-state index contributed by atoms with van der Waals surface area (Å²) in [5.41, 5.74) is 1.90. The molecule has 0 heterocycles. The van der Waals surface area contributed by atoms with E-state index in [0.29, 0.717) is 0 Å². The SMILES string of the molecule is CC(NS(=O)(=O)c1ccc2ccccc2c1)C(=O)NN. The molecule has 106 valence electrons. The molecule has 4 N–H and O–H groups in total. The summed E-state index contributed by atoms with van der Waals surface area (Å²) in [5, 5.41) is 1.76. The summed E-state index contributed by atoms with van der Waals surface area (Å²) in [4.78, 5) is 11.4. The largest absolute Gasteiger partial charge is 0.293 e. The fourth-order valence-corrected chi connectivity index (χ4v) is 3.05. The van der Waals surface area contributed by atoms with Crippen LogP contribution < -0.4 is 16.0 Å². The van der Waals surface area contributed by atoms with Crippen LogP contribution >= 0.6 is 0 Å². The summed E-state index contributed by atoms with van der Waals surface area (Å²) >= 11 is 0. The van der Waals surface area contributed by atoms with E-state index in [1.807, 2.05) is 29.7 Å². The van der Waals surface area contributed by atoms with Crippen LogP contribution in [-0.2, 0) is 14.8 Å². The minimum atomic E-state index is -3.77. The van der Waals surface area contributed by atoms with Crippen LogP contribution in [-0.4, -0.2) is 20.4 Å². The molecule has 0 radical (unpaired) electrons. The molecule has 0 bridgehead atoms. The average Bonchev–Trinajstić information content (AvgIpc) is 2.45. The number of nitrogens with two attached hydrogens (primary N) is 1. The van der Waals surface area contributed by atoms with Crippen molar-refractivity contribution in [3.05, 3.63) is 42.5 Å². The van der Waals surface area contributed by atoms with Gasteiger partial charge in [-0.15, -0.1) is 0 Å². The van der Waals surface area contributed by atoms with Crippen LogP contribution in [0.5, 0.6) is 0 Å². The Morgan fingerprint density at radius 1 is 1.15 bits per heavy atom. The second-order valence-corrected chi connectivity index (χ2v) is 6.07. The number of nitrogens with one attached hydrogen (secondary N) is 2. The zero-order valence-electron chi connectivity index (χ0n) is 10.8. The van der Waals surface area contributed by atoms with Crippen molar-refractivity contribution in [1.29, 1.82) is 0 Å². The van der Waals surface area contributed by atoms with E-state index in [9.17, 15) is 13.2 Å². The zero-order valence-corrected chi connectivity index (χ0v) is 11.6. The standard InChI is InChI=1S/C13H15N3O3S/c1-9(13(17)15-14)16-20(18,19)12-7-6-10-4-2-3-5-11(10)8-12/h2-9,16H,14H2,1H3,(H,15,17). The van der Waals surface area contributed by atoms with E-state index in [1.165, 1.54) is 13.0 Å². The molecule has 0 saturated carbocycles. The molecule has 0 aliphatic rings. The summed E-state index contributed by atoms with van der Waals surface area (Å²) in [7, 11) is -3.77. The Morgan fingerprint density at radius 3 is 2.45 bits per heavy atom. The Labute approximate surface area is 117 Å². The van der Waals surface area contributed by atoms with Crippen molar-refractivity contribution >= 4 is 26.7 Å². The van der Waals surface area contributed by atoms with Crippen molar-refractivity contribution in [2.45, 2.75) is 17.9 Å². The first kappa shape index (κ1) is 14.4. The monoisotopic (exact) mass is 293 g/mol. The molecule has 7 heteroatoms. The molecule has 0 aliphatic heterocycles. The van der Waals surface area contributed by atoms with E-state index >= 15 is 0 Å². The predicted molar refractivity (Wildman–Crippen MR) is 76.1 cm³/mol. The molecule has 6 nitrogen and oxygen atoms in total. The minimum absolute atomic E-state index is 0.105. The molecule has 0 saturated heterocycles. The Balaban J connectivity index is 2.34. The predicted octanol–water partition coefficient (Wildman–Crippen LogP) is 0.497. The van der Waals surface area contributed by atoms with Gasteiger partial charge in [0.25, 0.3) is 5.91 Å². The number of benzene rings is 2. The van der Waals surface area contributed by atoms with Crippen LogP contribution in [0.15, 0.2) is 47.4 Å². The molecule has 1 unspecified atom stereocenters. The summed E-state index contributed by atoms with van der Waals surface area (Å²) < 4.78 is 26.6. The van der Waals surface area contributed by atoms with E-state index in [-0.39, 0.29) is 4.90 Å². The first-order chi connectivity index (χ1) is 9.44. The zero-order chi connectivity index (χ0) is 14.8. The number of sulfonamides is 1. The second-order valence-electron chi connectivity index (χ2n) is 4.36. The smallest absolute Gasteiger partial charge is 0.251 e. The number of hydrogen-bond donors (Lipinski definition) is 3. The van der Waals surface area contributed by atoms with E-state index in [4.69, 9.17) is 5.84 Å². The van der Waals surface area contributed by atoms with Crippen molar-refractivity contribution in [1.82, 2.24) is 10.1 Å².